The third kappa shape index (κ3) is 8.29. The minimum absolute atomic E-state index is 0.0186. The summed E-state index contributed by atoms with van der Waals surface area (Å²) in [6, 6.07) is 14.9. The number of pyridine rings is 2. The molecule has 0 bridgehead atoms. The Kier molecular flexibility index (Phi) is 10.1. The molecule has 14 heteroatoms. The summed E-state index contributed by atoms with van der Waals surface area (Å²) in [5.41, 5.74) is 4.45. The number of hydrogen-bond donors (Lipinski definition) is 1. The van der Waals surface area contributed by atoms with Crippen LogP contribution in [0.15, 0.2) is 61.1 Å². The molecule has 1 atom stereocenters. The fourth-order valence-corrected chi connectivity index (χ4v) is 4.54. The van der Waals surface area contributed by atoms with Gasteiger partial charge >= 0.3 is 6.18 Å². The summed E-state index contributed by atoms with van der Waals surface area (Å²) < 4.78 is 51.7. The first-order valence-corrected chi connectivity index (χ1v) is 13.5. The lowest BCUT2D eigenvalue weighted by atomic mass is 10.0. The van der Waals surface area contributed by atoms with Crippen molar-refractivity contribution in [3.05, 3.63) is 78.1 Å². The van der Waals surface area contributed by atoms with E-state index in [9.17, 15) is 32.7 Å². The molecular formula is C30H28F4N6O4. The van der Waals surface area contributed by atoms with Crippen LogP contribution in [0.4, 0.5) is 23.2 Å². The molecule has 1 fully saturated rings. The molecule has 44 heavy (non-hydrogen) atoms. The highest BCUT2D eigenvalue weighted by Crippen LogP contribution is 2.32. The van der Waals surface area contributed by atoms with Gasteiger partial charge in [-0.2, -0.15) is 23.5 Å². The van der Waals surface area contributed by atoms with E-state index in [1.54, 1.807) is 17.6 Å². The number of rotatable bonds is 7. The van der Waals surface area contributed by atoms with Crippen molar-refractivity contribution in [2.45, 2.75) is 25.6 Å². The number of hydrogen-bond acceptors (Lipinski definition) is 8. The number of benzene rings is 1. The molecule has 1 amide bonds. The molecule has 0 unspecified atom stereocenters. The predicted octanol–water partition coefficient (Wildman–Crippen LogP) is 3.81. The van der Waals surface area contributed by atoms with Crippen molar-refractivity contribution in [1.82, 2.24) is 19.5 Å². The molecule has 0 spiro atoms. The maximum absolute atomic E-state index is 13.1. The van der Waals surface area contributed by atoms with Crippen LogP contribution < -0.4 is 9.64 Å². The number of fused-ring (bicyclic) bond motifs is 1. The molecule has 1 aliphatic rings. The van der Waals surface area contributed by atoms with E-state index in [2.05, 4.69) is 21.1 Å². The Morgan fingerprint density at radius 1 is 1.14 bits per heavy atom. The van der Waals surface area contributed by atoms with Crippen LogP contribution in [-0.2, 0) is 16.0 Å². The van der Waals surface area contributed by atoms with Gasteiger partial charge in [0, 0.05) is 43.1 Å². The highest BCUT2D eigenvalue weighted by molar-refractivity contribution is 5.86. The Bertz CT molecular complexity index is 1630. The maximum Gasteiger partial charge on any atom is 0.446 e. The Balaban J connectivity index is 0.000000670. The number of ether oxygens (including phenoxy) is 1. The number of nitrogens with zero attached hydrogens (tertiary/aromatic N) is 6. The van der Waals surface area contributed by atoms with Crippen LogP contribution in [0.25, 0.3) is 16.6 Å². The Hall–Kier alpha value is -5.03. The lowest BCUT2D eigenvalue weighted by molar-refractivity contribution is -0.156. The third-order valence-electron chi connectivity index (χ3n) is 6.63. The molecule has 5 rings (SSSR count). The van der Waals surface area contributed by atoms with E-state index in [0.717, 1.165) is 23.0 Å². The number of nitriles is 1. The van der Waals surface area contributed by atoms with E-state index < -0.39 is 24.4 Å². The van der Waals surface area contributed by atoms with Crippen LogP contribution in [0.3, 0.4) is 0 Å². The van der Waals surface area contributed by atoms with Crippen LogP contribution in [0.2, 0.25) is 0 Å². The van der Waals surface area contributed by atoms with Crippen molar-refractivity contribution < 1.29 is 37.0 Å². The zero-order chi connectivity index (χ0) is 31.9. The molecule has 3 aromatic heterocycles. The number of halogens is 4. The zero-order valence-corrected chi connectivity index (χ0v) is 23.5. The van der Waals surface area contributed by atoms with Crippen LogP contribution in [0.5, 0.6) is 5.75 Å². The van der Waals surface area contributed by atoms with E-state index in [0.29, 0.717) is 48.7 Å². The number of aliphatic hydroxyl groups excluding tert-OH is 1. The number of carbonyl (C=O) groups excluding carboxylic acids is 2. The van der Waals surface area contributed by atoms with Gasteiger partial charge in [-0.3, -0.25) is 14.6 Å². The number of carbonyl (C=O) groups is 2. The third-order valence-corrected chi connectivity index (χ3v) is 6.63. The van der Waals surface area contributed by atoms with Gasteiger partial charge in [-0.25, -0.2) is 8.91 Å². The van der Waals surface area contributed by atoms with Crippen molar-refractivity contribution in [2.24, 2.45) is 0 Å². The van der Waals surface area contributed by atoms with E-state index in [4.69, 9.17) is 9.53 Å². The second-order valence-corrected chi connectivity index (χ2v) is 9.93. The molecule has 0 radical (unpaired) electrons. The van der Waals surface area contributed by atoms with Crippen LogP contribution in [0.1, 0.15) is 18.2 Å². The normalized spacial score (nSPS) is 13.9. The van der Waals surface area contributed by atoms with Gasteiger partial charge in [0.05, 0.1) is 42.2 Å². The summed E-state index contributed by atoms with van der Waals surface area (Å²) in [4.78, 5) is 29.4. The highest BCUT2D eigenvalue weighted by atomic mass is 19.4. The summed E-state index contributed by atoms with van der Waals surface area (Å²) in [5, 5.41) is 23.5. The van der Waals surface area contributed by atoms with Gasteiger partial charge in [-0.1, -0.05) is 12.1 Å². The largest absolute Gasteiger partial charge is 0.489 e. The summed E-state index contributed by atoms with van der Waals surface area (Å²) in [6.45, 7) is 4.36. The summed E-state index contributed by atoms with van der Waals surface area (Å²) in [7, 11) is 0. The van der Waals surface area contributed by atoms with Crippen molar-refractivity contribution in [1.29, 1.82) is 5.26 Å². The van der Waals surface area contributed by atoms with Crippen molar-refractivity contribution in [3.8, 4) is 22.9 Å². The number of piperazine rings is 1. The fourth-order valence-electron chi connectivity index (χ4n) is 4.54. The molecule has 230 valence electrons. The first-order chi connectivity index (χ1) is 21.0. The number of amides is 1. The molecule has 0 saturated carbocycles. The molecule has 0 aliphatic carbocycles. The standard InChI is InChI=1S/C28H27FN6O3.C2HF3O/c1-19(36)18-38-25-13-26(28-21(14-30)15-32-35(28)17-25)20-2-6-24(7-3-20)33-8-10-34(11-9-33)27(37)12-23-5-4-22(29)16-31-23;3-2(4,5)1-6/h2-7,13,15-17,19,36H,8-12,18H2,1H3;1H/t19-;/m1./s1. The van der Waals surface area contributed by atoms with Gasteiger partial charge in [0.25, 0.3) is 0 Å². The minimum Gasteiger partial charge on any atom is -0.489 e. The van der Waals surface area contributed by atoms with E-state index in [1.807, 2.05) is 35.2 Å². The van der Waals surface area contributed by atoms with E-state index in [1.165, 1.54) is 18.3 Å². The first-order valence-electron chi connectivity index (χ1n) is 13.5. The first kappa shape index (κ1) is 31.9. The van der Waals surface area contributed by atoms with E-state index in [-0.39, 0.29) is 18.9 Å². The van der Waals surface area contributed by atoms with Gasteiger partial charge < -0.3 is 19.6 Å². The molecular weight excluding hydrogens is 584 g/mol. The van der Waals surface area contributed by atoms with Crippen molar-refractivity contribution in [3.63, 3.8) is 0 Å². The van der Waals surface area contributed by atoms with Gasteiger partial charge in [-0.15, -0.1) is 0 Å². The monoisotopic (exact) mass is 612 g/mol. The van der Waals surface area contributed by atoms with Gasteiger partial charge in [-0.05, 0) is 42.8 Å². The zero-order valence-electron chi connectivity index (χ0n) is 23.5. The minimum atomic E-state index is -4.64. The predicted molar refractivity (Wildman–Crippen MR) is 151 cm³/mol. The number of aldehydes is 1. The molecule has 1 saturated heterocycles. The molecule has 10 nitrogen and oxygen atoms in total. The average molecular weight is 613 g/mol. The molecule has 1 N–H and O–H groups in total. The fraction of sp³-hybridized carbons (Fsp3) is 0.300. The quantitative estimate of drug-likeness (QED) is 0.247. The second kappa shape index (κ2) is 14.0. The summed E-state index contributed by atoms with van der Waals surface area (Å²) in [5.74, 6) is 0.106. The number of aliphatic hydroxyl groups is 1. The Morgan fingerprint density at radius 3 is 2.39 bits per heavy atom. The number of aromatic nitrogens is 3. The highest BCUT2D eigenvalue weighted by Gasteiger charge is 2.25. The van der Waals surface area contributed by atoms with Crippen molar-refractivity contribution >= 4 is 23.4 Å². The molecule has 4 aromatic rings. The van der Waals surface area contributed by atoms with Crippen LogP contribution >= 0.6 is 0 Å². The molecule has 1 aromatic carbocycles. The van der Waals surface area contributed by atoms with Gasteiger partial charge in [0.1, 0.15) is 24.2 Å². The smallest absolute Gasteiger partial charge is 0.446 e. The van der Waals surface area contributed by atoms with Gasteiger partial charge in [0.2, 0.25) is 12.2 Å². The summed E-state index contributed by atoms with van der Waals surface area (Å²) >= 11 is 0. The Morgan fingerprint density at radius 2 is 1.82 bits per heavy atom. The topological polar surface area (TPSA) is 124 Å². The SMILES string of the molecule is C[C@@H](O)COc1cc(-c2ccc(N3CCN(C(=O)Cc4ccc(F)cn4)CC3)cc2)c2c(C#N)cnn2c1.O=CC(F)(F)F. The number of alkyl halides is 3. The van der Waals surface area contributed by atoms with Gasteiger partial charge in [0.15, 0.2) is 0 Å². The van der Waals surface area contributed by atoms with Crippen molar-refractivity contribution in [2.75, 3.05) is 37.7 Å². The average Bonchev–Trinajstić information content (AvgIpc) is 3.44. The van der Waals surface area contributed by atoms with Crippen LogP contribution in [-0.4, -0.2) is 81.9 Å². The molecule has 4 heterocycles. The van der Waals surface area contributed by atoms with E-state index >= 15 is 0 Å². The summed E-state index contributed by atoms with van der Waals surface area (Å²) in [6.07, 6.45) is -1.81. The maximum atomic E-state index is 13.1. The van der Waals surface area contributed by atoms with Crippen LogP contribution in [0, 0.1) is 17.1 Å². The second-order valence-electron chi connectivity index (χ2n) is 9.93. The lowest BCUT2D eigenvalue weighted by Crippen LogP contribution is -2.49. The lowest BCUT2D eigenvalue weighted by Gasteiger charge is -2.36. The molecule has 1 aliphatic heterocycles. The number of anilines is 1. The Labute approximate surface area is 249 Å².